The summed E-state index contributed by atoms with van der Waals surface area (Å²) in [6.45, 7) is 4.35. The van der Waals surface area contributed by atoms with Crippen molar-refractivity contribution < 1.29 is 4.39 Å². The third kappa shape index (κ3) is 4.28. The summed E-state index contributed by atoms with van der Waals surface area (Å²) in [5.74, 6) is -0.176. The van der Waals surface area contributed by atoms with Gasteiger partial charge >= 0.3 is 0 Å². The lowest BCUT2D eigenvalue weighted by Gasteiger charge is -2.08. The lowest BCUT2D eigenvalue weighted by atomic mass is 10.1. The van der Waals surface area contributed by atoms with Gasteiger partial charge in [0.15, 0.2) is 0 Å². The van der Waals surface area contributed by atoms with Crippen molar-refractivity contribution in [3.8, 4) is 0 Å². The second-order valence-corrected chi connectivity index (χ2v) is 5.70. The minimum Gasteiger partial charge on any atom is -0.313 e. The third-order valence-electron chi connectivity index (χ3n) is 2.80. The first-order chi connectivity index (χ1) is 9.19. The molecule has 102 valence electrons. The molecule has 1 aromatic heterocycles. The maximum Gasteiger partial charge on any atom is 0.128 e. The van der Waals surface area contributed by atoms with Crippen LogP contribution in [0, 0.1) is 9.39 Å². The monoisotopic (exact) mass is 373 g/mol. The molecule has 0 unspecified atom stereocenters. The van der Waals surface area contributed by atoms with E-state index in [2.05, 4.69) is 39.9 Å². The standard InChI is InChI=1S/C14H17FIN3/c1-2-5-17-7-11-3-4-14(15)12(6-11)9-19-10-13(16)8-18-19/h3-4,6,8,10,17H,2,5,7,9H2,1H3. The van der Waals surface area contributed by atoms with E-state index in [0.717, 1.165) is 28.6 Å². The van der Waals surface area contributed by atoms with Crippen LogP contribution in [0.25, 0.3) is 0 Å². The highest BCUT2D eigenvalue weighted by Crippen LogP contribution is 2.13. The van der Waals surface area contributed by atoms with Crippen molar-refractivity contribution in [2.45, 2.75) is 26.4 Å². The Bertz CT molecular complexity index is 539. The highest BCUT2D eigenvalue weighted by atomic mass is 127. The van der Waals surface area contributed by atoms with Gasteiger partial charge in [-0.05, 0) is 53.3 Å². The van der Waals surface area contributed by atoms with Gasteiger partial charge in [-0.15, -0.1) is 0 Å². The van der Waals surface area contributed by atoms with Gasteiger partial charge in [-0.1, -0.05) is 13.0 Å². The first-order valence-corrected chi connectivity index (χ1v) is 7.43. The zero-order chi connectivity index (χ0) is 13.7. The number of nitrogens with one attached hydrogen (secondary N) is 1. The molecule has 0 aliphatic heterocycles. The highest BCUT2D eigenvalue weighted by Gasteiger charge is 2.05. The Balaban J connectivity index is 2.08. The molecule has 1 heterocycles. The zero-order valence-electron chi connectivity index (χ0n) is 10.9. The van der Waals surface area contributed by atoms with E-state index in [-0.39, 0.29) is 5.82 Å². The molecule has 0 radical (unpaired) electrons. The second kappa shape index (κ2) is 7.00. The molecule has 2 rings (SSSR count). The van der Waals surface area contributed by atoms with Gasteiger partial charge < -0.3 is 5.32 Å². The summed E-state index contributed by atoms with van der Waals surface area (Å²) in [5, 5.41) is 7.50. The minimum atomic E-state index is -0.176. The fraction of sp³-hybridized carbons (Fsp3) is 0.357. The molecule has 1 aromatic carbocycles. The third-order valence-corrected chi connectivity index (χ3v) is 3.36. The van der Waals surface area contributed by atoms with Gasteiger partial charge in [0.1, 0.15) is 5.82 Å². The zero-order valence-corrected chi connectivity index (χ0v) is 13.0. The summed E-state index contributed by atoms with van der Waals surface area (Å²) < 4.78 is 16.6. The Morgan fingerprint density at radius 2 is 2.26 bits per heavy atom. The number of halogens is 2. The van der Waals surface area contributed by atoms with Gasteiger partial charge in [0.25, 0.3) is 0 Å². The molecule has 3 nitrogen and oxygen atoms in total. The Morgan fingerprint density at radius 3 is 2.95 bits per heavy atom. The predicted octanol–water partition coefficient (Wildman–Crippen LogP) is 3.17. The first kappa shape index (κ1) is 14.5. The highest BCUT2D eigenvalue weighted by molar-refractivity contribution is 14.1. The van der Waals surface area contributed by atoms with Gasteiger partial charge in [-0.3, -0.25) is 4.68 Å². The summed E-state index contributed by atoms with van der Waals surface area (Å²) in [6, 6.07) is 5.27. The van der Waals surface area contributed by atoms with Crippen molar-refractivity contribution in [2.75, 3.05) is 6.54 Å². The Labute approximate surface area is 126 Å². The number of rotatable bonds is 6. The number of hydrogen-bond donors (Lipinski definition) is 1. The average molecular weight is 373 g/mol. The lowest BCUT2D eigenvalue weighted by molar-refractivity contribution is 0.582. The normalized spacial score (nSPS) is 10.9. The van der Waals surface area contributed by atoms with Crippen LogP contribution >= 0.6 is 22.6 Å². The summed E-state index contributed by atoms with van der Waals surface area (Å²) in [4.78, 5) is 0. The lowest BCUT2D eigenvalue weighted by Crippen LogP contribution is -2.14. The molecule has 0 saturated heterocycles. The van der Waals surface area contributed by atoms with Crippen molar-refractivity contribution >= 4 is 22.6 Å². The van der Waals surface area contributed by atoms with Crippen LogP contribution in [0.2, 0.25) is 0 Å². The summed E-state index contributed by atoms with van der Waals surface area (Å²) in [7, 11) is 0. The average Bonchev–Trinajstić information content (AvgIpc) is 2.79. The Kier molecular flexibility index (Phi) is 5.33. The van der Waals surface area contributed by atoms with Crippen LogP contribution < -0.4 is 5.32 Å². The van der Waals surface area contributed by atoms with Gasteiger partial charge in [-0.25, -0.2) is 4.39 Å². The quantitative estimate of drug-likeness (QED) is 0.623. The van der Waals surface area contributed by atoms with E-state index in [9.17, 15) is 4.39 Å². The molecule has 5 heteroatoms. The van der Waals surface area contributed by atoms with Crippen LogP contribution in [-0.4, -0.2) is 16.3 Å². The SMILES string of the molecule is CCCNCc1ccc(F)c(Cn2cc(I)cn2)c1. The number of hydrogen-bond acceptors (Lipinski definition) is 2. The summed E-state index contributed by atoms with van der Waals surface area (Å²) in [6.07, 6.45) is 4.77. The van der Waals surface area contributed by atoms with Crippen LogP contribution in [0.5, 0.6) is 0 Å². The van der Waals surface area contributed by atoms with E-state index >= 15 is 0 Å². The Hall–Kier alpha value is -0.950. The fourth-order valence-corrected chi connectivity index (χ4v) is 2.31. The van der Waals surface area contributed by atoms with Crippen LogP contribution in [0.1, 0.15) is 24.5 Å². The van der Waals surface area contributed by atoms with Crippen molar-refractivity contribution in [1.82, 2.24) is 15.1 Å². The number of nitrogens with zero attached hydrogens (tertiary/aromatic N) is 2. The maximum absolute atomic E-state index is 13.8. The molecular formula is C14H17FIN3. The first-order valence-electron chi connectivity index (χ1n) is 6.35. The molecule has 19 heavy (non-hydrogen) atoms. The van der Waals surface area contributed by atoms with E-state index in [0.29, 0.717) is 12.1 Å². The maximum atomic E-state index is 13.8. The number of benzene rings is 1. The van der Waals surface area contributed by atoms with Crippen LogP contribution in [0.15, 0.2) is 30.6 Å². The smallest absolute Gasteiger partial charge is 0.128 e. The molecule has 0 amide bonds. The topological polar surface area (TPSA) is 29.9 Å². The molecule has 0 spiro atoms. The molecular weight excluding hydrogens is 356 g/mol. The second-order valence-electron chi connectivity index (χ2n) is 4.46. The summed E-state index contributed by atoms with van der Waals surface area (Å²) in [5.41, 5.74) is 1.78. The van der Waals surface area contributed by atoms with Crippen molar-refractivity contribution in [3.63, 3.8) is 0 Å². The van der Waals surface area contributed by atoms with E-state index in [1.165, 1.54) is 6.07 Å². The molecule has 0 bridgehead atoms. The minimum absolute atomic E-state index is 0.176. The van der Waals surface area contributed by atoms with Gasteiger partial charge in [0.2, 0.25) is 0 Å². The molecule has 0 fully saturated rings. The van der Waals surface area contributed by atoms with E-state index in [1.807, 2.05) is 18.3 Å². The molecule has 0 saturated carbocycles. The van der Waals surface area contributed by atoms with E-state index in [1.54, 1.807) is 10.9 Å². The van der Waals surface area contributed by atoms with Crippen LogP contribution in [0.3, 0.4) is 0 Å². The summed E-state index contributed by atoms with van der Waals surface area (Å²) >= 11 is 2.19. The van der Waals surface area contributed by atoms with Gasteiger partial charge in [0.05, 0.1) is 16.3 Å². The molecule has 2 aromatic rings. The molecule has 1 N–H and O–H groups in total. The predicted molar refractivity (Wildman–Crippen MR) is 82.4 cm³/mol. The van der Waals surface area contributed by atoms with Crippen molar-refractivity contribution in [3.05, 3.63) is 51.1 Å². The molecule has 0 aliphatic carbocycles. The van der Waals surface area contributed by atoms with E-state index in [4.69, 9.17) is 0 Å². The van der Waals surface area contributed by atoms with Crippen LogP contribution in [0.4, 0.5) is 4.39 Å². The van der Waals surface area contributed by atoms with Gasteiger partial charge in [0, 0.05) is 18.3 Å². The van der Waals surface area contributed by atoms with Crippen molar-refractivity contribution in [2.24, 2.45) is 0 Å². The fourth-order valence-electron chi connectivity index (χ4n) is 1.87. The molecule has 0 atom stereocenters. The van der Waals surface area contributed by atoms with Crippen LogP contribution in [-0.2, 0) is 13.1 Å². The van der Waals surface area contributed by atoms with E-state index < -0.39 is 0 Å². The largest absolute Gasteiger partial charge is 0.313 e. The Morgan fingerprint density at radius 1 is 1.42 bits per heavy atom. The van der Waals surface area contributed by atoms with Crippen molar-refractivity contribution in [1.29, 1.82) is 0 Å². The number of aromatic nitrogens is 2. The van der Waals surface area contributed by atoms with Gasteiger partial charge in [-0.2, -0.15) is 5.10 Å². The molecule has 0 aliphatic rings.